The second-order valence-corrected chi connectivity index (χ2v) is 8.98. The van der Waals surface area contributed by atoms with Gasteiger partial charge in [0.15, 0.2) is 0 Å². The largest absolute Gasteiger partial charge is 0.352 e. The molecule has 3 rings (SSSR count). The summed E-state index contributed by atoms with van der Waals surface area (Å²) in [6.45, 7) is 6.17. The van der Waals surface area contributed by atoms with Gasteiger partial charge in [-0.3, -0.25) is 24.1 Å². The van der Waals surface area contributed by atoms with Crippen LogP contribution in [-0.2, 0) is 25.7 Å². The Bertz CT molecular complexity index is 872. The van der Waals surface area contributed by atoms with Crippen LogP contribution in [0.5, 0.6) is 0 Å². The lowest BCUT2D eigenvalue weighted by Gasteiger charge is -2.32. The van der Waals surface area contributed by atoms with Gasteiger partial charge in [0.05, 0.1) is 11.8 Å². The molecule has 4 atom stereocenters. The summed E-state index contributed by atoms with van der Waals surface area (Å²) in [6.07, 6.45) is 6.32. The summed E-state index contributed by atoms with van der Waals surface area (Å²) >= 11 is 0. The molecule has 1 heterocycles. The molecule has 0 radical (unpaired) electrons. The second-order valence-electron chi connectivity index (χ2n) is 8.98. The standard InChI is InChI=1S/C26H35N3O4/c1-4-18(3)27-24(31)22(5-2)29(17-19-11-7-6-8-12-19)23(30)15-16-28-25(32)20-13-9-10-14-21(20)26(28)33/h6-12,18,20-22H,4-5,13-17H2,1-3H3,(H,27,31)/t18-,20-,21+,22-/m1/s1. The zero-order valence-electron chi connectivity index (χ0n) is 19.8. The van der Waals surface area contributed by atoms with Crippen LogP contribution in [0.4, 0.5) is 0 Å². The molecular weight excluding hydrogens is 418 g/mol. The smallest absolute Gasteiger partial charge is 0.243 e. The lowest BCUT2D eigenvalue weighted by Crippen LogP contribution is -2.51. The molecule has 0 spiro atoms. The molecule has 1 aliphatic heterocycles. The average Bonchev–Trinajstić information content (AvgIpc) is 3.07. The molecule has 1 fully saturated rings. The Kier molecular flexibility index (Phi) is 8.42. The fraction of sp³-hybridized carbons (Fsp3) is 0.538. The summed E-state index contributed by atoms with van der Waals surface area (Å²) in [5, 5.41) is 2.99. The summed E-state index contributed by atoms with van der Waals surface area (Å²) in [5.41, 5.74) is 0.922. The fourth-order valence-corrected chi connectivity index (χ4v) is 4.58. The van der Waals surface area contributed by atoms with E-state index in [0.29, 0.717) is 25.8 Å². The molecule has 0 saturated carbocycles. The molecule has 2 aliphatic rings. The monoisotopic (exact) mass is 453 g/mol. The van der Waals surface area contributed by atoms with E-state index in [4.69, 9.17) is 0 Å². The van der Waals surface area contributed by atoms with E-state index in [0.717, 1.165) is 12.0 Å². The normalized spacial score (nSPS) is 21.5. The van der Waals surface area contributed by atoms with Gasteiger partial charge in [-0.2, -0.15) is 0 Å². The number of imide groups is 1. The number of carbonyl (C=O) groups excluding carboxylic acids is 4. The van der Waals surface area contributed by atoms with Crippen LogP contribution < -0.4 is 5.32 Å². The summed E-state index contributed by atoms with van der Waals surface area (Å²) in [4.78, 5) is 54.7. The van der Waals surface area contributed by atoms with Gasteiger partial charge in [-0.1, -0.05) is 56.3 Å². The molecule has 1 aromatic rings. The first-order chi connectivity index (χ1) is 15.9. The van der Waals surface area contributed by atoms with E-state index in [1.165, 1.54) is 4.90 Å². The highest BCUT2D eigenvalue weighted by atomic mass is 16.2. The van der Waals surface area contributed by atoms with E-state index in [1.807, 2.05) is 63.3 Å². The quantitative estimate of drug-likeness (QED) is 0.436. The molecule has 4 amide bonds. The van der Waals surface area contributed by atoms with Crippen molar-refractivity contribution in [3.05, 3.63) is 48.0 Å². The molecule has 1 aliphatic carbocycles. The summed E-state index contributed by atoms with van der Waals surface area (Å²) in [7, 11) is 0. The molecule has 33 heavy (non-hydrogen) atoms. The number of nitrogens with one attached hydrogen (secondary N) is 1. The maximum Gasteiger partial charge on any atom is 0.243 e. The minimum atomic E-state index is -0.622. The van der Waals surface area contributed by atoms with E-state index >= 15 is 0 Å². The number of nitrogens with zero attached hydrogens (tertiary/aromatic N) is 2. The van der Waals surface area contributed by atoms with E-state index in [1.54, 1.807) is 4.90 Å². The van der Waals surface area contributed by atoms with Crippen molar-refractivity contribution in [3.63, 3.8) is 0 Å². The van der Waals surface area contributed by atoms with Crippen LogP contribution in [0.2, 0.25) is 0 Å². The molecule has 0 aromatic heterocycles. The van der Waals surface area contributed by atoms with E-state index in [-0.39, 0.29) is 54.5 Å². The predicted octanol–water partition coefficient (Wildman–Crippen LogP) is 3.05. The second kappa shape index (κ2) is 11.3. The van der Waals surface area contributed by atoms with Gasteiger partial charge < -0.3 is 10.2 Å². The number of rotatable bonds is 10. The molecule has 7 heteroatoms. The van der Waals surface area contributed by atoms with Crippen molar-refractivity contribution < 1.29 is 19.2 Å². The highest BCUT2D eigenvalue weighted by Crippen LogP contribution is 2.35. The number of allylic oxidation sites excluding steroid dienone is 2. The van der Waals surface area contributed by atoms with E-state index in [2.05, 4.69) is 5.32 Å². The Morgan fingerprint density at radius 2 is 1.64 bits per heavy atom. The minimum absolute atomic E-state index is 0.00426. The van der Waals surface area contributed by atoms with Gasteiger partial charge in [0.2, 0.25) is 23.6 Å². The Labute approximate surface area is 196 Å². The van der Waals surface area contributed by atoms with Gasteiger partial charge in [0.1, 0.15) is 6.04 Å². The van der Waals surface area contributed by atoms with Crippen LogP contribution in [0.15, 0.2) is 42.5 Å². The first kappa shape index (κ1) is 24.7. The maximum absolute atomic E-state index is 13.4. The van der Waals surface area contributed by atoms with Crippen LogP contribution in [0, 0.1) is 11.8 Å². The number of hydrogen-bond acceptors (Lipinski definition) is 4. The molecule has 0 unspecified atom stereocenters. The number of fused-ring (bicyclic) bond motifs is 1. The zero-order chi connectivity index (χ0) is 24.0. The van der Waals surface area contributed by atoms with Gasteiger partial charge in [-0.15, -0.1) is 0 Å². The molecule has 7 nitrogen and oxygen atoms in total. The number of amides is 4. The van der Waals surface area contributed by atoms with Gasteiger partial charge in [-0.25, -0.2) is 0 Å². The highest BCUT2D eigenvalue weighted by molar-refractivity contribution is 6.05. The third kappa shape index (κ3) is 5.70. The summed E-state index contributed by atoms with van der Waals surface area (Å²) < 4.78 is 0. The Morgan fingerprint density at radius 3 is 2.18 bits per heavy atom. The number of benzene rings is 1. The highest BCUT2D eigenvalue weighted by Gasteiger charge is 2.47. The van der Waals surface area contributed by atoms with Gasteiger partial charge in [0, 0.05) is 25.6 Å². The molecule has 1 aromatic carbocycles. The first-order valence-electron chi connectivity index (χ1n) is 12.0. The van der Waals surface area contributed by atoms with Gasteiger partial charge in [0.25, 0.3) is 0 Å². The van der Waals surface area contributed by atoms with Crippen molar-refractivity contribution in [1.82, 2.24) is 15.1 Å². The van der Waals surface area contributed by atoms with Crippen molar-refractivity contribution in [3.8, 4) is 0 Å². The summed E-state index contributed by atoms with van der Waals surface area (Å²) in [5.74, 6) is -1.39. The van der Waals surface area contributed by atoms with E-state index in [9.17, 15) is 19.2 Å². The number of carbonyl (C=O) groups is 4. The number of hydrogen-bond donors (Lipinski definition) is 1. The zero-order valence-corrected chi connectivity index (χ0v) is 19.8. The summed E-state index contributed by atoms with van der Waals surface area (Å²) in [6, 6.07) is 8.93. The lowest BCUT2D eigenvalue weighted by molar-refractivity contribution is -0.144. The van der Waals surface area contributed by atoms with E-state index < -0.39 is 6.04 Å². The molecule has 178 valence electrons. The Balaban J connectivity index is 1.73. The lowest BCUT2D eigenvalue weighted by atomic mass is 9.85. The Hall–Kier alpha value is -2.96. The van der Waals surface area contributed by atoms with Crippen LogP contribution >= 0.6 is 0 Å². The molecule has 1 N–H and O–H groups in total. The molecule has 1 saturated heterocycles. The number of likely N-dealkylation sites (tertiary alicyclic amines) is 1. The van der Waals surface area contributed by atoms with Crippen molar-refractivity contribution in [2.24, 2.45) is 11.8 Å². The van der Waals surface area contributed by atoms with Gasteiger partial charge >= 0.3 is 0 Å². The van der Waals surface area contributed by atoms with Crippen LogP contribution in [-0.4, -0.2) is 52.1 Å². The Morgan fingerprint density at radius 1 is 1.03 bits per heavy atom. The minimum Gasteiger partial charge on any atom is -0.352 e. The van der Waals surface area contributed by atoms with Crippen molar-refractivity contribution in [2.45, 2.75) is 71.5 Å². The van der Waals surface area contributed by atoms with Crippen molar-refractivity contribution >= 4 is 23.6 Å². The first-order valence-corrected chi connectivity index (χ1v) is 12.0. The third-order valence-corrected chi connectivity index (χ3v) is 6.73. The topological polar surface area (TPSA) is 86.8 Å². The maximum atomic E-state index is 13.4. The average molecular weight is 454 g/mol. The fourth-order valence-electron chi connectivity index (χ4n) is 4.58. The predicted molar refractivity (Wildman–Crippen MR) is 126 cm³/mol. The van der Waals surface area contributed by atoms with Crippen molar-refractivity contribution in [2.75, 3.05) is 6.54 Å². The molecular formula is C26H35N3O4. The van der Waals surface area contributed by atoms with Gasteiger partial charge in [-0.05, 0) is 38.2 Å². The van der Waals surface area contributed by atoms with Crippen LogP contribution in [0.1, 0.15) is 58.4 Å². The SMILES string of the molecule is CC[C@@H](C)NC(=O)[C@@H](CC)N(Cc1ccccc1)C(=O)CCN1C(=O)[C@H]2CC=CC[C@H]2C1=O. The van der Waals surface area contributed by atoms with Crippen molar-refractivity contribution in [1.29, 1.82) is 0 Å². The van der Waals surface area contributed by atoms with Crippen LogP contribution in [0.25, 0.3) is 0 Å². The molecule has 0 bridgehead atoms. The van der Waals surface area contributed by atoms with Crippen LogP contribution in [0.3, 0.4) is 0 Å². The third-order valence-electron chi connectivity index (χ3n) is 6.73.